The van der Waals surface area contributed by atoms with Crippen LogP contribution in [0.2, 0.25) is 0 Å². The molecule has 5 heterocycles. The highest BCUT2D eigenvalue weighted by molar-refractivity contribution is 7.19. The Labute approximate surface area is 157 Å². The normalized spacial score (nSPS) is 11.6. The minimum absolute atomic E-state index is 0.127. The molecule has 0 fully saturated rings. The maximum Gasteiger partial charge on any atom is 0.291 e. The number of nitrogens with one attached hydrogen (secondary N) is 1. The molecule has 0 radical (unpaired) electrons. The van der Waals surface area contributed by atoms with Crippen molar-refractivity contribution in [3.63, 3.8) is 0 Å². The molecule has 0 saturated carbocycles. The van der Waals surface area contributed by atoms with E-state index in [-0.39, 0.29) is 5.56 Å². The van der Waals surface area contributed by atoms with Gasteiger partial charge in [-0.1, -0.05) is 6.07 Å². The summed E-state index contributed by atoms with van der Waals surface area (Å²) in [4.78, 5) is 21.8. The van der Waals surface area contributed by atoms with Gasteiger partial charge in [-0.3, -0.25) is 14.9 Å². The van der Waals surface area contributed by atoms with Gasteiger partial charge in [0.05, 0.1) is 23.1 Å². The Balaban J connectivity index is 1.60. The van der Waals surface area contributed by atoms with E-state index in [1.807, 2.05) is 29.8 Å². The maximum absolute atomic E-state index is 13.0. The molecule has 0 aromatic carbocycles. The fourth-order valence-corrected chi connectivity index (χ4v) is 4.35. The summed E-state index contributed by atoms with van der Waals surface area (Å²) in [5, 5.41) is 13.2. The van der Waals surface area contributed by atoms with E-state index in [9.17, 15) is 4.79 Å². The zero-order chi connectivity index (χ0) is 18.4. The molecule has 134 valence electrons. The molecule has 0 aliphatic carbocycles. The fourth-order valence-electron chi connectivity index (χ4n) is 3.23. The van der Waals surface area contributed by atoms with Gasteiger partial charge in [-0.15, -0.1) is 11.3 Å². The molecule has 0 bridgehead atoms. The van der Waals surface area contributed by atoms with Crippen LogP contribution >= 0.6 is 11.3 Å². The van der Waals surface area contributed by atoms with Gasteiger partial charge in [-0.25, -0.2) is 9.67 Å². The number of H-pyrrole nitrogens is 1. The highest BCUT2D eigenvalue weighted by atomic mass is 32.1. The molecule has 5 aromatic rings. The summed E-state index contributed by atoms with van der Waals surface area (Å²) < 4.78 is 4.31. The highest BCUT2D eigenvalue weighted by Crippen LogP contribution is 2.31. The van der Waals surface area contributed by atoms with Crippen LogP contribution in [0.25, 0.3) is 21.3 Å². The van der Waals surface area contributed by atoms with Crippen LogP contribution in [0.3, 0.4) is 0 Å². The lowest BCUT2D eigenvalue weighted by Gasteiger charge is -2.05. The van der Waals surface area contributed by atoms with Gasteiger partial charge in [0.2, 0.25) is 0 Å². The molecule has 0 aliphatic rings. The topological polar surface area (TPSA) is 94.3 Å². The van der Waals surface area contributed by atoms with Gasteiger partial charge >= 0.3 is 0 Å². The summed E-state index contributed by atoms with van der Waals surface area (Å²) in [5.41, 5.74) is 3.17. The lowest BCUT2D eigenvalue weighted by Crippen LogP contribution is -2.24. The van der Waals surface area contributed by atoms with Crippen molar-refractivity contribution in [2.24, 2.45) is 7.05 Å². The summed E-state index contributed by atoms with van der Waals surface area (Å²) in [6.45, 7) is 0.388. The SMILES string of the molecule is Cn1c2nc(Cc3cc[nH]n3)sc2c2cnn(Cc3cccnc3)c(=O)c21. The lowest BCUT2D eigenvalue weighted by atomic mass is 10.3. The van der Waals surface area contributed by atoms with Crippen LogP contribution in [0.5, 0.6) is 0 Å². The van der Waals surface area contributed by atoms with Gasteiger partial charge in [0.1, 0.15) is 10.5 Å². The zero-order valence-corrected chi connectivity index (χ0v) is 15.3. The predicted molar refractivity (Wildman–Crippen MR) is 103 cm³/mol. The molecular formula is C18H15N7OS. The summed E-state index contributed by atoms with van der Waals surface area (Å²) >= 11 is 1.58. The number of hydrogen-bond donors (Lipinski definition) is 1. The number of rotatable bonds is 4. The standard InChI is InChI=1S/C18H15N7OS/c1-24-15-13(9-21-25(18(15)26)10-11-3-2-5-19-8-11)16-17(24)22-14(27-16)7-12-4-6-20-23-12/h2-6,8-9H,7,10H2,1H3,(H,20,23). The summed E-state index contributed by atoms with van der Waals surface area (Å²) in [6.07, 6.45) is 7.67. The first-order chi connectivity index (χ1) is 13.2. The van der Waals surface area contributed by atoms with E-state index >= 15 is 0 Å². The van der Waals surface area contributed by atoms with E-state index < -0.39 is 0 Å². The Morgan fingerprint density at radius 1 is 1.26 bits per heavy atom. The summed E-state index contributed by atoms with van der Waals surface area (Å²) in [5.74, 6) is 0. The number of aromatic amines is 1. The minimum atomic E-state index is -0.127. The fraction of sp³-hybridized carbons (Fsp3) is 0.167. The average Bonchev–Trinajstić information content (AvgIpc) is 3.38. The van der Waals surface area contributed by atoms with Crippen LogP contribution in [0.4, 0.5) is 0 Å². The first-order valence-corrected chi connectivity index (χ1v) is 9.24. The molecular weight excluding hydrogens is 362 g/mol. The number of fused-ring (bicyclic) bond motifs is 3. The van der Waals surface area contributed by atoms with E-state index in [1.165, 1.54) is 4.68 Å². The summed E-state index contributed by atoms with van der Waals surface area (Å²) in [7, 11) is 1.87. The van der Waals surface area contributed by atoms with Crippen molar-refractivity contribution in [1.82, 2.24) is 34.5 Å². The maximum atomic E-state index is 13.0. The largest absolute Gasteiger partial charge is 0.323 e. The third-order valence-electron chi connectivity index (χ3n) is 4.52. The Kier molecular flexibility index (Phi) is 3.61. The van der Waals surface area contributed by atoms with Crippen molar-refractivity contribution in [3.8, 4) is 0 Å². The third-order valence-corrected chi connectivity index (χ3v) is 5.59. The Morgan fingerprint density at radius 2 is 2.19 bits per heavy atom. The number of hydrogen-bond acceptors (Lipinski definition) is 6. The first-order valence-electron chi connectivity index (χ1n) is 8.42. The van der Waals surface area contributed by atoms with Gasteiger partial charge in [0.15, 0.2) is 5.65 Å². The number of thiazole rings is 1. The molecule has 5 rings (SSSR count). The molecule has 5 aromatic heterocycles. The second-order valence-corrected chi connectivity index (χ2v) is 7.38. The van der Waals surface area contributed by atoms with Gasteiger partial charge in [-0.05, 0) is 17.7 Å². The predicted octanol–water partition coefficient (Wildman–Crippen LogP) is 2.10. The number of aryl methyl sites for hydroxylation is 1. The average molecular weight is 377 g/mol. The van der Waals surface area contributed by atoms with Crippen molar-refractivity contribution in [2.45, 2.75) is 13.0 Å². The third kappa shape index (κ3) is 2.63. The Hall–Kier alpha value is -3.33. The second kappa shape index (κ2) is 6.13. The van der Waals surface area contributed by atoms with E-state index in [0.717, 1.165) is 32.0 Å². The lowest BCUT2D eigenvalue weighted by molar-refractivity contribution is 0.642. The van der Waals surface area contributed by atoms with E-state index in [4.69, 9.17) is 4.98 Å². The Bertz CT molecular complexity index is 1300. The van der Waals surface area contributed by atoms with Crippen LogP contribution < -0.4 is 5.56 Å². The van der Waals surface area contributed by atoms with Crippen molar-refractivity contribution >= 4 is 32.6 Å². The van der Waals surface area contributed by atoms with Crippen LogP contribution in [0.1, 0.15) is 16.3 Å². The van der Waals surface area contributed by atoms with Crippen molar-refractivity contribution in [3.05, 3.63) is 69.6 Å². The first kappa shape index (κ1) is 15.9. The van der Waals surface area contributed by atoms with Crippen molar-refractivity contribution in [1.29, 1.82) is 0 Å². The molecule has 0 amide bonds. The molecule has 0 saturated heterocycles. The monoisotopic (exact) mass is 377 g/mol. The summed E-state index contributed by atoms with van der Waals surface area (Å²) in [6, 6.07) is 5.71. The van der Waals surface area contributed by atoms with Crippen LogP contribution in [0, 0.1) is 0 Å². The smallest absolute Gasteiger partial charge is 0.291 e. The van der Waals surface area contributed by atoms with Crippen molar-refractivity contribution in [2.75, 3.05) is 0 Å². The number of nitrogens with zero attached hydrogens (tertiary/aromatic N) is 6. The van der Waals surface area contributed by atoms with Gasteiger partial charge in [-0.2, -0.15) is 10.2 Å². The van der Waals surface area contributed by atoms with Crippen LogP contribution in [0.15, 0.2) is 47.8 Å². The van der Waals surface area contributed by atoms with Crippen LogP contribution in [-0.2, 0) is 20.0 Å². The van der Waals surface area contributed by atoms with E-state index in [2.05, 4.69) is 20.3 Å². The minimum Gasteiger partial charge on any atom is -0.323 e. The van der Waals surface area contributed by atoms with Gasteiger partial charge in [0.25, 0.3) is 5.56 Å². The molecule has 0 spiro atoms. The molecule has 8 nitrogen and oxygen atoms in total. The van der Waals surface area contributed by atoms with Crippen LogP contribution in [-0.4, -0.2) is 34.5 Å². The van der Waals surface area contributed by atoms with Crippen molar-refractivity contribution < 1.29 is 0 Å². The van der Waals surface area contributed by atoms with E-state index in [0.29, 0.717) is 18.5 Å². The Morgan fingerprint density at radius 3 is 2.96 bits per heavy atom. The number of aromatic nitrogens is 7. The molecule has 0 aliphatic heterocycles. The molecule has 0 atom stereocenters. The molecule has 9 heteroatoms. The van der Waals surface area contributed by atoms with Gasteiger partial charge < -0.3 is 4.57 Å². The second-order valence-electron chi connectivity index (χ2n) is 6.29. The zero-order valence-electron chi connectivity index (χ0n) is 14.5. The molecule has 1 N–H and O–H groups in total. The molecule has 0 unspecified atom stereocenters. The van der Waals surface area contributed by atoms with E-state index in [1.54, 1.807) is 36.1 Å². The highest BCUT2D eigenvalue weighted by Gasteiger charge is 2.18. The quantitative estimate of drug-likeness (QED) is 0.518. The van der Waals surface area contributed by atoms with Gasteiger partial charge in [0, 0.05) is 37.4 Å². The number of pyridine rings is 1. The molecule has 27 heavy (non-hydrogen) atoms.